The minimum atomic E-state index is -0.486. The molecule has 0 fully saturated rings. The summed E-state index contributed by atoms with van der Waals surface area (Å²) in [6.07, 6.45) is 4.76. The molecule has 3 aromatic heterocycles. The highest BCUT2D eigenvalue weighted by atomic mass is 16.5. The van der Waals surface area contributed by atoms with Gasteiger partial charge in [0.15, 0.2) is 18.0 Å². The first-order chi connectivity index (χ1) is 17.4. The molecular formula is C27H30N6O3. The van der Waals surface area contributed by atoms with Crippen molar-refractivity contribution in [2.45, 2.75) is 25.9 Å². The van der Waals surface area contributed by atoms with E-state index in [4.69, 9.17) is 4.98 Å². The van der Waals surface area contributed by atoms with Crippen LogP contribution in [0.1, 0.15) is 41.1 Å². The molecule has 1 aromatic carbocycles. The van der Waals surface area contributed by atoms with E-state index in [1.165, 1.54) is 24.5 Å². The highest BCUT2D eigenvalue weighted by molar-refractivity contribution is 5.94. The van der Waals surface area contributed by atoms with Gasteiger partial charge in [0.25, 0.3) is 11.5 Å². The molecule has 0 aliphatic heterocycles. The molecule has 0 radical (unpaired) electrons. The molecule has 0 aliphatic carbocycles. The Morgan fingerprint density at radius 2 is 1.78 bits per heavy atom. The molecule has 1 amide bonds. The Balaban J connectivity index is 1.87. The van der Waals surface area contributed by atoms with Gasteiger partial charge in [-0.15, -0.1) is 0 Å². The summed E-state index contributed by atoms with van der Waals surface area (Å²) in [5.41, 5.74) is 1.51. The maximum atomic E-state index is 13.7. The molecule has 36 heavy (non-hydrogen) atoms. The van der Waals surface area contributed by atoms with Gasteiger partial charge in [-0.05, 0) is 38.2 Å². The highest BCUT2D eigenvalue weighted by Crippen LogP contribution is 2.26. The van der Waals surface area contributed by atoms with E-state index in [0.29, 0.717) is 53.2 Å². The molecule has 4 aromatic rings. The Morgan fingerprint density at radius 3 is 2.44 bits per heavy atom. The summed E-state index contributed by atoms with van der Waals surface area (Å²) in [6, 6.07) is 15.7. The lowest BCUT2D eigenvalue weighted by atomic mass is 10.1. The summed E-state index contributed by atoms with van der Waals surface area (Å²) >= 11 is 0. The third kappa shape index (κ3) is 5.41. The number of likely N-dealkylation sites (N-methyl/N-ethyl adjacent to an activating group) is 1. The fraction of sp³-hybridized carbons (Fsp3) is 0.296. The molecule has 9 nitrogen and oxygen atoms in total. The van der Waals surface area contributed by atoms with E-state index in [9.17, 15) is 14.8 Å². The molecule has 1 unspecified atom stereocenters. The van der Waals surface area contributed by atoms with Crippen LogP contribution in [-0.2, 0) is 6.54 Å². The Labute approximate surface area is 209 Å². The third-order valence-electron chi connectivity index (χ3n) is 6.10. The summed E-state index contributed by atoms with van der Waals surface area (Å²) in [5, 5.41) is 12.0. The summed E-state index contributed by atoms with van der Waals surface area (Å²) < 4.78 is 2.30. The van der Waals surface area contributed by atoms with Gasteiger partial charge >= 0.3 is 0 Å². The number of carbonyl (C=O) groups is 1. The smallest absolute Gasteiger partial charge is 0.263 e. The molecular weight excluding hydrogens is 456 g/mol. The van der Waals surface area contributed by atoms with E-state index in [2.05, 4.69) is 4.98 Å². The first kappa shape index (κ1) is 25.0. The molecule has 186 valence electrons. The second-order valence-corrected chi connectivity index (χ2v) is 8.89. The van der Waals surface area contributed by atoms with E-state index < -0.39 is 6.04 Å². The second-order valence-electron chi connectivity index (χ2n) is 8.89. The second kappa shape index (κ2) is 11.1. The van der Waals surface area contributed by atoms with Gasteiger partial charge < -0.3 is 15.0 Å². The number of nitrogens with zero attached hydrogens (tertiary/aromatic N) is 6. The van der Waals surface area contributed by atoms with Gasteiger partial charge in [-0.2, -0.15) is 4.73 Å². The first-order valence-corrected chi connectivity index (χ1v) is 11.9. The van der Waals surface area contributed by atoms with Crippen molar-refractivity contribution in [3.63, 3.8) is 0 Å². The number of carbonyl (C=O) groups excluding carboxylic acids is 1. The molecule has 0 aliphatic rings. The monoisotopic (exact) mass is 486 g/mol. The number of pyridine rings is 2. The first-order valence-electron chi connectivity index (χ1n) is 11.9. The number of rotatable bonds is 9. The standard InChI is InChI=1S/C27H30N6O3/c1-4-23(32(18-17-30(2)3)26(34)21-12-15-31(36)16-13-21)25-29-24-22(11-8-14-28-24)27(35)33(25)19-20-9-6-5-7-10-20/h5-16,23H,4,17-19H2,1-3H3. The number of amides is 1. The molecule has 0 spiro atoms. The molecule has 1 atom stereocenters. The molecule has 0 saturated carbocycles. The van der Waals surface area contributed by atoms with Crippen LogP contribution in [0.5, 0.6) is 0 Å². The van der Waals surface area contributed by atoms with Crippen LogP contribution >= 0.6 is 0 Å². The van der Waals surface area contributed by atoms with Gasteiger partial charge in [0.1, 0.15) is 5.82 Å². The average molecular weight is 487 g/mol. The van der Waals surface area contributed by atoms with E-state index in [-0.39, 0.29) is 11.5 Å². The summed E-state index contributed by atoms with van der Waals surface area (Å²) in [7, 11) is 3.88. The van der Waals surface area contributed by atoms with Crippen LogP contribution in [0, 0.1) is 5.21 Å². The molecule has 9 heteroatoms. The minimum absolute atomic E-state index is 0.197. The van der Waals surface area contributed by atoms with Gasteiger partial charge in [-0.3, -0.25) is 14.2 Å². The van der Waals surface area contributed by atoms with Crippen molar-refractivity contribution in [3.8, 4) is 0 Å². The lowest BCUT2D eigenvalue weighted by Crippen LogP contribution is -2.42. The quantitative estimate of drug-likeness (QED) is 0.266. The number of hydrogen-bond acceptors (Lipinski definition) is 6. The van der Waals surface area contributed by atoms with E-state index >= 15 is 0 Å². The Bertz CT molecular complexity index is 1390. The van der Waals surface area contributed by atoms with Gasteiger partial charge in [0.05, 0.1) is 23.5 Å². The van der Waals surface area contributed by atoms with E-state index in [1.54, 1.807) is 27.8 Å². The highest BCUT2D eigenvalue weighted by Gasteiger charge is 2.30. The molecule has 0 N–H and O–H groups in total. The summed E-state index contributed by atoms with van der Waals surface area (Å²) in [6.45, 7) is 3.32. The Kier molecular flexibility index (Phi) is 7.70. The summed E-state index contributed by atoms with van der Waals surface area (Å²) in [5.74, 6) is 0.255. The van der Waals surface area contributed by atoms with Gasteiger partial charge in [-0.1, -0.05) is 37.3 Å². The van der Waals surface area contributed by atoms with Crippen molar-refractivity contribution in [1.82, 2.24) is 24.3 Å². The maximum absolute atomic E-state index is 13.7. The third-order valence-corrected chi connectivity index (χ3v) is 6.10. The van der Waals surface area contributed by atoms with Crippen LogP contribution in [0.3, 0.4) is 0 Å². The minimum Gasteiger partial charge on any atom is -0.619 e. The fourth-order valence-corrected chi connectivity index (χ4v) is 4.21. The number of aromatic nitrogens is 4. The largest absolute Gasteiger partial charge is 0.619 e. The molecule has 3 heterocycles. The topological polar surface area (TPSA) is 98.3 Å². The van der Waals surface area contributed by atoms with Crippen molar-refractivity contribution in [1.29, 1.82) is 0 Å². The fourth-order valence-electron chi connectivity index (χ4n) is 4.21. The Hall–Kier alpha value is -4.11. The van der Waals surface area contributed by atoms with Crippen molar-refractivity contribution in [2.24, 2.45) is 0 Å². The number of benzene rings is 1. The van der Waals surface area contributed by atoms with Crippen LogP contribution < -0.4 is 10.3 Å². The van der Waals surface area contributed by atoms with Crippen molar-refractivity contribution in [2.75, 3.05) is 27.2 Å². The molecule has 0 bridgehead atoms. The number of hydrogen-bond donors (Lipinski definition) is 0. The number of fused-ring (bicyclic) bond motifs is 1. The van der Waals surface area contributed by atoms with E-state index in [0.717, 1.165) is 5.56 Å². The zero-order valence-corrected chi connectivity index (χ0v) is 20.7. The normalized spacial score (nSPS) is 12.1. The van der Waals surface area contributed by atoms with E-state index in [1.807, 2.05) is 56.3 Å². The zero-order valence-electron chi connectivity index (χ0n) is 20.7. The maximum Gasteiger partial charge on any atom is 0.263 e. The lowest BCUT2D eigenvalue weighted by molar-refractivity contribution is -0.605. The predicted octanol–water partition coefficient (Wildman–Crippen LogP) is 2.63. The van der Waals surface area contributed by atoms with Crippen LogP contribution in [0.2, 0.25) is 0 Å². The van der Waals surface area contributed by atoms with Crippen molar-refractivity contribution < 1.29 is 9.52 Å². The van der Waals surface area contributed by atoms with Crippen LogP contribution in [0.4, 0.5) is 0 Å². The summed E-state index contributed by atoms with van der Waals surface area (Å²) in [4.78, 5) is 40.3. The van der Waals surface area contributed by atoms with Crippen molar-refractivity contribution >= 4 is 16.9 Å². The van der Waals surface area contributed by atoms with Gasteiger partial charge in [0, 0.05) is 31.4 Å². The molecule has 4 rings (SSSR count). The van der Waals surface area contributed by atoms with Gasteiger partial charge in [-0.25, -0.2) is 9.97 Å². The lowest BCUT2D eigenvalue weighted by Gasteiger charge is -2.33. The van der Waals surface area contributed by atoms with Gasteiger partial charge in [0.2, 0.25) is 0 Å². The van der Waals surface area contributed by atoms with Crippen LogP contribution in [0.15, 0.2) is 78.0 Å². The van der Waals surface area contributed by atoms with Crippen LogP contribution in [0.25, 0.3) is 11.0 Å². The Morgan fingerprint density at radius 1 is 1.06 bits per heavy atom. The van der Waals surface area contributed by atoms with Crippen LogP contribution in [-0.4, -0.2) is 57.4 Å². The predicted molar refractivity (Wildman–Crippen MR) is 137 cm³/mol. The SMILES string of the molecule is CCC(c1nc2ncccc2c(=O)n1Cc1ccccc1)N(CCN(C)C)C(=O)c1cc[n+]([O-])cc1. The van der Waals surface area contributed by atoms with Crippen molar-refractivity contribution in [3.05, 3.63) is 106 Å². The zero-order chi connectivity index (χ0) is 25.7. The average Bonchev–Trinajstić information content (AvgIpc) is 2.89. The molecule has 0 saturated heterocycles.